The quantitative estimate of drug-likeness (QED) is 0.759. The predicted octanol–water partition coefficient (Wildman–Crippen LogP) is 2.88. The van der Waals surface area contributed by atoms with Crippen LogP contribution in [0.4, 0.5) is 0 Å². The van der Waals surface area contributed by atoms with E-state index >= 15 is 0 Å². The van der Waals surface area contributed by atoms with Crippen molar-refractivity contribution in [2.24, 2.45) is 5.73 Å². The third-order valence-corrected chi connectivity index (χ3v) is 2.45. The normalized spacial score (nSPS) is 9.36. The molecule has 0 atom stereocenters. The Morgan fingerprint density at radius 2 is 1.79 bits per heavy atom. The molecule has 2 nitrogen and oxygen atoms in total. The van der Waals surface area contributed by atoms with Crippen molar-refractivity contribution in [3.05, 3.63) is 40.9 Å². The van der Waals surface area contributed by atoms with Gasteiger partial charge < -0.3 is 10.8 Å². The first-order chi connectivity index (χ1) is 6.77. The van der Waals surface area contributed by atoms with Crippen LogP contribution in [0.3, 0.4) is 0 Å². The van der Waals surface area contributed by atoms with Crippen molar-refractivity contribution in [1.82, 2.24) is 0 Å². The second-order valence-electron chi connectivity index (χ2n) is 2.65. The van der Waals surface area contributed by atoms with Crippen molar-refractivity contribution in [1.29, 1.82) is 0 Å². The molecule has 74 valence electrons. The van der Waals surface area contributed by atoms with E-state index in [4.69, 9.17) is 0 Å². The van der Waals surface area contributed by atoms with Gasteiger partial charge in [-0.05, 0) is 30.0 Å². The van der Waals surface area contributed by atoms with E-state index in [1.165, 1.54) is 7.05 Å². The monoisotopic (exact) mass is 253 g/mol. The first-order valence-corrected chi connectivity index (χ1v) is 5.01. The molecule has 0 aromatic heterocycles. The van der Waals surface area contributed by atoms with Gasteiger partial charge in [-0.2, -0.15) is 0 Å². The molecule has 2 rings (SSSR count). The molecule has 3 heteroatoms. The Morgan fingerprint density at radius 1 is 1.14 bits per heavy atom. The molecule has 0 fully saturated rings. The number of nitrogens with two attached hydrogens (primary N) is 1. The Labute approximate surface area is 91.5 Å². The molecule has 0 radical (unpaired) electrons. The second-order valence-corrected chi connectivity index (χ2v) is 3.50. The third-order valence-electron chi connectivity index (χ3n) is 1.80. The number of aromatic hydroxyl groups is 1. The van der Waals surface area contributed by atoms with Crippen molar-refractivity contribution in [3.8, 4) is 5.75 Å². The minimum atomic E-state index is 0.292. The summed E-state index contributed by atoms with van der Waals surface area (Å²) in [5.74, 6) is 0.292. The zero-order chi connectivity index (χ0) is 10.6. The van der Waals surface area contributed by atoms with Crippen LogP contribution in [0.1, 0.15) is 0 Å². The van der Waals surface area contributed by atoms with Gasteiger partial charge in [0.2, 0.25) is 0 Å². The van der Waals surface area contributed by atoms with Gasteiger partial charge >= 0.3 is 0 Å². The maximum Gasteiger partial charge on any atom is 0.117 e. The molecule has 0 saturated heterocycles. The van der Waals surface area contributed by atoms with Crippen LogP contribution >= 0.6 is 15.9 Å². The van der Waals surface area contributed by atoms with Gasteiger partial charge in [0, 0.05) is 4.47 Å². The maximum atomic E-state index is 9.28. The lowest BCUT2D eigenvalue weighted by molar-refractivity contribution is 0.476. The number of rotatable bonds is 0. The molecule has 0 amide bonds. The molecule has 3 N–H and O–H groups in total. The van der Waals surface area contributed by atoms with E-state index in [-0.39, 0.29) is 0 Å². The van der Waals surface area contributed by atoms with E-state index in [0.717, 1.165) is 15.2 Å². The summed E-state index contributed by atoms with van der Waals surface area (Å²) in [4.78, 5) is 0. The standard InChI is InChI=1S/C10H7BrO.CH5N/c11-10-6-8(12)5-7-3-1-2-4-9(7)10;1-2/h1-6,12H;2H2,1H3. The fourth-order valence-electron chi connectivity index (χ4n) is 1.25. The number of halogens is 1. The Kier molecular flexibility index (Phi) is 3.92. The maximum absolute atomic E-state index is 9.28. The second kappa shape index (κ2) is 4.98. The Morgan fingerprint density at radius 3 is 2.50 bits per heavy atom. The van der Waals surface area contributed by atoms with Gasteiger partial charge in [0.1, 0.15) is 5.75 Å². The van der Waals surface area contributed by atoms with Crippen LogP contribution in [0.25, 0.3) is 10.8 Å². The SMILES string of the molecule is CN.Oc1cc(Br)c2ccccc2c1. The van der Waals surface area contributed by atoms with Crippen LogP contribution in [-0.2, 0) is 0 Å². The lowest BCUT2D eigenvalue weighted by Crippen LogP contribution is -1.73. The molecular weight excluding hydrogens is 242 g/mol. The first kappa shape index (κ1) is 11.0. The summed E-state index contributed by atoms with van der Waals surface area (Å²) in [6.45, 7) is 0. The average molecular weight is 254 g/mol. The van der Waals surface area contributed by atoms with Gasteiger partial charge in [-0.25, -0.2) is 0 Å². The fraction of sp³-hybridized carbons (Fsp3) is 0.0909. The van der Waals surface area contributed by atoms with E-state index < -0.39 is 0 Å². The van der Waals surface area contributed by atoms with Crippen molar-refractivity contribution in [2.75, 3.05) is 7.05 Å². The topological polar surface area (TPSA) is 46.2 Å². The molecule has 0 spiro atoms. The molecule has 0 heterocycles. The van der Waals surface area contributed by atoms with Crippen LogP contribution in [-0.4, -0.2) is 12.2 Å². The van der Waals surface area contributed by atoms with Crippen LogP contribution in [0.2, 0.25) is 0 Å². The number of phenolic OH excluding ortho intramolecular Hbond substituents is 1. The highest BCUT2D eigenvalue weighted by Crippen LogP contribution is 2.28. The van der Waals surface area contributed by atoms with Crippen molar-refractivity contribution in [3.63, 3.8) is 0 Å². The van der Waals surface area contributed by atoms with Gasteiger partial charge in [-0.15, -0.1) is 0 Å². The average Bonchev–Trinajstić information content (AvgIpc) is 2.20. The Hall–Kier alpha value is -1.06. The summed E-state index contributed by atoms with van der Waals surface area (Å²) in [7, 11) is 1.50. The zero-order valence-electron chi connectivity index (χ0n) is 7.87. The van der Waals surface area contributed by atoms with Gasteiger partial charge in [0.15, 0.2) is 0 Å². The molecule has 0 aliphatic rings. The fourth-order valence-corrected chi connectivity index (χ4v) is 1.84. The highest BCUT2D eigenvalue weighted by Gasteiger charge is 1.98. The van der Waals surface area contributed by atoms with E-state index in [2.05, 4.69) is 21.7 Å². The number of phenols is 1. The summed E-state index contributed by atoms with van der Waals surface area (Å²) in [5, 5.41) is 11.4. The van der Waals surface area contributed by atoms with Gasteiger partial charge in [-0.1, -0.05) is 40.2 Å². The van der Waals surface area contributed by atoms with Crippen LogP contribution in [0, 0.1) is 0 Å². The lowest BCUT2D eigenvalue weighted by Gasteiger charge is -2.00. The molecule has 0 aliphatic heterocycles. The molecule has 14 heavy (non-hydrogen) atoms. The summed E-state index contributed by atoms with van der Waals surface area (Å²) in [6.07, 6.45) is 0. The van der Waals surface area contributed by atoms with Gasteiger partial charge in [0.05, 0.1) is 0 Å². The first-order valence-electron chi connectivity index (χ1n) is 4.22. The smallest absolute Gasteiger partial charge is 0.117 e. The molecule has 0 saturated carbocycles. The molecular formula is C11H12BrNO. The molecule has 0 bridgehead atoms. The lowest BCUT2D eigenvalue weighted by atomic mass is 10.1. The van der Waals surface area contributed by atoms with Gasteiger partial charge in [0.25, 0.3) is 0 Å². The minimum Gasteiger partial charge on any atom is -0.508 e. The van der Waals surface area contributed by atoms with Crippen molar-refractivity contribution < 1.29 is 5.11 Å². The summed E-state index contributed by atoms with van der Waals surface area (Å²) in [6, 6.07) is 11.4. The third kappa shape index (κ3) is 2.25. The van der Waals surface area contributed by atoms with Crippen molar-refractivity contribution >= 4 is 26.7 Å². The number of hydrogen-bond acceptors (Lipinski definition) is 2. The summed E-state index contributed by atoms with van der Waals surface area (Å²) >= 11 is 3.39. The predicted molar refractivity (Wildman–Crippen MR) is 63.4 cm³/mol. The Bertz CT molecular complexity index is 429. The number of fused-ring (bicyclic) bond motifs is 1. The number of benzene rings is 2. The van der Waals surface area contributed by atoms with Crippen LogP contribution < -0.4 is 5.73 Å². The highest BCUT2D eigenvalue weighted by atomic mass is 79.9. The molecule has 0 unspecified atom stereocenters. The van der Waals surface area contributed by atoms with Crippen LogP contribution in [0.15, 0.2) is 40.9 Å². The van der Waals surface area contributed by atoms with E-state index in [0.29, 0.717) is 5.75 Å². The van der Waals surface area contributed by atoms with Crippen molar-refractivity contribution in [2.45, 2.75) is 0 Å². The van der Waals surface area contributed by atoms with E-state index in [9.17, 15) is 5.11 Å². The van der Waals surface area contributed by atoms with E-state index in [1.807, 2.05) is 24.3 Å². The van der Waals surface area contributed by atoms with Crippen LogP contribution in [0.5, 0.6) is 5.75 Å². The zero-order valence-corrected chi connectivity index (χ0v) is 9.45. The molecule has 0 aliphatic carbocycles. The van der Waals surface area contributed by atoms with Gasteiger partial charge in [-0.3, -0.25) is 0 Å². The number of hydrogen-bond donors (Lipinski definition) is 2. The summed E-state index contributed by atoms with van der Waals surface area (Å²) in [5.41, 5.74) is 4.50. The largest absolute Gasteiger partial charge is 0.508 e. The summed E-state index contributed by atoms with van der Waals surface area (Å²) < 4.78 is 0.929. The molecule has 2 aromatic rings. The van der Waals surface area contributed by atoms with E-state index in [1.54, 1.807) is 12.1 Å². The Balaban J connectivity index is 0.000000461. The molecule has 2 aromatic carbocycles. The minimum absolute atomic E-state index is 0.292. The highest BCUT2D eigenvalue weighted by molar-refractivity contribution is 9.10.